The number of aliphatic imine (C=N–C) groups is 1. The third-order valence-electron chi connectivity index (χ3n) is 5.02. The lowest BCUT2D eigenvalue weighted by Crippen LogP contribution is -2.32. The summed E-state index contributed by atoms with van der Waals surface area (Å²) in [6.45, 7) is 0.920. The van der Waals surface area contributed by atoms with E-state index in [-0.39, 0.29) is 18.4 Å². The molecule has 1 aliphatic rings. The maximum Gasteiger partial charge on any atom is 0.325 e. The highest BCUT2D eigenvalue weighted by molar-refractivity contribution is 8.18. The molecule has 164 valence electrons. The molecule has 2 aromatic carbocycles. The standard InChI is InChI=1S/C24H23N3O4S/c1-30-13-12-27-23(29)21(32-24(27)25-18-8-4-3-5-9-18)14-17-15-26(16-22(28)31-2)20-11-7-6-10-19(17)20/h3-11,14-15H,12-13,16H2,1-2H3/b21-14-,25-24?. The van der Waals surface area contributed by atoms with Crippen LogP contribution in [-0.4, -0.2) is 53.9 Å². The summed E-state index contributed by atoms with van der Waals surface area (Å²) in [4.78, 5) is 31.9. The molecule has 1 fully saturated rings. The molecule has 4 rings (SSSR count). The molecular weight excluding hydrogens is 426 g/mol. The number of amidine groups is 1. The number of nitrogens with zero attached hydrogens (tertiary/aromatic N) is 3. The van der Waals surface area contributed by atoms with Gasteiger partial charge in [-0.15, -0.1) is 0 Å². The van der Waals surface area contributed by atoms with Gasteiger partial charge in [0.15, 0.2) is 5.17 Å². The summed E-state index contributed by atoms with van der Waals surface area (Å²) in [6, 6.07) is 17.3. The zero-order chi connectivity index (χ0) is 22.5. The Labute approximate surface area is 190 Å². The van der Waals surface area contributed by atoms with E-state index in [0.717, 1.165) is 22.2 Å². The summed E-state index contributed by atoms with van der Waals surface area (Å²) >= 11 is 1.33. The average molecular weight is 450 g/mol. The van der Waals surface area contributed by atoms with E-state index in [2.05, 4.69) is 4.99 Å². The van der Waals surface area contributed by atoms with Gasteiger partial charge in [0.25, 0.3) is 5.91 Å². The Morgan fingerprint density at radius 1 is 1.09 bits per heavy atom. The van der Waals surface area contributed by atoms with Gasteiger partial charge in [-0.2, -0.15) is 0 Å². The summed E-state index contributed by atoms with van der Waals surface area (Å²) in [6.07, 6.45) is 3.73. The van der Waals surface area contributed by atoms with Gasteiger partial charge in [-0.3, -0.25) is 14.5 Å². The Balaban J connectivity index is 1.72. The number of thioether (sulfide) groups is 1. The van der Waals surface area contributed by atoms with E-state index in [9.17, 15) is 9.59 Å². The highest BCUT2D eigenvalue weighted by Gasteiger charge is 2.33. The maximum absolute atomic E-state index is 13.2. The second kappa shape index (κ2) is 9.84. The lowest BCUT2D eigenvalue weighted by atomic mass is 10.1. The van der Waals surface area contributed by atoms with Crippen molar-refractivity contribution in [1.29, 1.82) is 0 Å². The molecule has 1 saturated heterocycles. The average Bonchev–Trinajstić information content (AvgIpc) is 3.30. The van der Waals surface area contributed by atoms with Crippen molar-refractivity contribution in [1.82, 2.24) is 9.47 Å². The largest absolute Gasteiger partial charge is 0.468 e. The number of methoxy groups -OCH3 is 2. The highest BCUT2D eigenvalue weighted by Crippen LogP contribution is 2.35. The molecular formula is C24H23N3O4S. The number of aromatic nitrogens is 1. The monoisotopic (exact) mass is 449 g/mol. The fourth-order valence-electron chi connectivity index (χ4n) is 3.45. The second-order valence-electron chi connectivity index (χ2n) is 7.10. The summed E-state index contributed by atoms with van der Waals surface area (Å²) in [5.74, 6) is -0.453. The fraction of sp³-hybridized carbons (Fsp3) is 0.208. The number of amides is 1. The number of hydrogen-bond donors (Lipinski definition) is 0. The van der Waals surface area contributed by atoms with E-state index in [4.69, 9.17) is 9.47 Å². The van der Waals surface area contributed by atoms with Crippen LogP contribution >= 0.6 is 11.8 Å². The molecule has 1 amide bonds. The Hall–Kier alpha value is -3.36. The van der Waals surface area contributed by atoms with Gasteiger partial charge < -0.3 is 14.0 Å². The Morgan fingerprint density at radius 2 is 1.84 bits per heavy atom. The summed E-state index contributed by atoms with van der Waals surface area (Å²) in [5.41, 5.74) is 2.53. The van der Waals surface area contributed by atoms with E-state index < -0.39 is 0 Å². The topological polar surface area (TPSA) is 73.1 Å². The van der Waals surface area contributed by atoms with Crippen LogP contribution < -0.4 is 0 Å². The SMILES string of the molecule is COCCN1C(=O)/C(=C/c2cn(CC(=O)OC)c3ccccc23)SC1=Nc1ccccc1. The van der Waals surface area contributed by atoms with Gasteiger partial charge in [0.05, 0.1) is 30.9 Å². The first-order valence-corrected chi connectivity index (χ1v) is 10.9. The molecule has 0 saturated carbocycles. The van der Waals surface area contributed by atoms with E-state index in [0.29, 0.717) is 23.2 Å². The van der Waals surface area contributed by atoms with Gasteiger partial charge >= 0.3 is 5.97 Å². The minimum Gasteiger partial charge on any atom is -0.468 e. The Kier molecular flexibility index (Phi) is 6.72. The first kappa shape index (κ1) is 21.9. The number of hydrogen-bond acceptors (Lipinski definition) is 6. The first-order valence-electron chi connectivity index (χ1n) is 10.1. The number of fused-ring (bicyclic) bond motifs is 1. The minimum atomic E-state index is -0.334. The molecule has 1 aromatic heterocycles. The Morgan fingerprint density at radius 3 is 2.59 bits per heavy atom. The van der Waals surface area contributed by atoms with Crippen LogP contribution in [0.15, 0.2) is 70.7 Å². The normalized spacial score (nSPS) is 16.4. The number of rotatable bonds is 7. The molecule has 32 heavy (non-hydrogen) atoms. The molecule has 2 heterocycles. The molecule has 7 nitrogen and oxygen atoms in total. The summed E-state index contributed by atoms with van der Waals surface area (Å²) in [5, 5.41) is 1.57. The third kappa shape index (κ3) is 4.61. The van der Waals surface area contributed by atoms with E-state index >= 15 is 0 Å². The van der Waals surface area contributed by atoms with E-state index in [1.807, 2.05) is 71.4 Å². The summed E-state index contributed by atoms with van der Waals surface area (Å²) in [7, 11) is 2.97. The lowest BCUT2D eigenvalue weighted by molar-refractivity contribution is -0.141. The molecule has 0 N–H and O–H groups in total. The number of carbonyl (C=O) groups excluding carboxylic acids is 2. The predicted octanol–water partition coefficient (Wildman–Crippen LogP) is 4.06. The number of carbonyl (C=O) groups is 2. The van der Waals surface area contributed by atoms with Crippen LogP contribution in [0.2, 0.25) is 0 Å². The van der Waals surface area contributed by atoms with Gasteiger partial charge in [-0.25, -0.2) is 4.99 Å². The van der Waals surface area contributed by atoms with E-state index in [1.165, 1.54) is 18.9 Å². The molecule has 0 aliphatic carbocycles. The number of benzene rings is 2. The van der Waals surface area contributed by atoms with Crippen LogP contribution in [0.4, 0.5) is 5.69 Å². The fourth-order valence-corrected chi connectivity index (χ4v) is 4.47. The molecule has 0 unspecified atom stereocenters. The number of para-hydroxylation sites is 2. The maximum atomic E-state index is 13.2. The van der Waals surface area contributed by atoms with Crippen molar-refractivity contribution < 1.29 is 19.1 Å². The molecule has 1 aliphatic heterocycles. The molecule has 8 heteroatoms. The van der Waals surface area contributed by atoms with Crippen molar-refractivity contribution in [2.75, 3.05) is 27.4 Å². The quantitative estimate of drug-likeness (QED) is 0.402. The van der Waals surface area contributed by atoms with Gasteiger partial charge in [0, 0.05) is 29.8 Å². The van der Waals surface area contributed by atoms with Crippen molar-refractivity contribution in [3.63, 3.8) is 0 Å². The number of esters is 1. The van der Waals surface area contributed by atoms with Crippen LogP contribution in [0.3, 0.4) is 0 Å². The second-order valence-corrected chi connectivity index (χ2v) is 8.10. The van der Waals surface area contributed by atoms with Crippen LogP contribution in [0.1, 0.15) is 5.56 Å². The number of ether oxygens (including phenoxy) is 2. The zero-order valence-corrected chi connectivity index (χ0v) is 18.7. The van der Waals surface area contributed by atoms with Crippen molar-refractivity contribution in [3.8, 4) is 0 Å². The van der Waals surface area contributed by atoms with Crippen LogP contribution in [0, 0.1) is 0 Å². The lowest BCUT2D eigenvalue weighted by Gasteiger charge is -2.14. The highest BCUT2D eigenvalue weighted by atomic mass is 32.2. The van der Waals surface area contributed by atoms with E-state index in [1.54, 1.807) is 12.0 Å². The molecule has 0 radical (unpaired) electrons. The molecule has 0 spiro atoms. The predicted molar refractivity (Wildman–Crippen MR) is 127 cm³/mol. The molecule has 3 aromatic rings. The Bertz CT molecular complexity index is 1200. The van der Waals surface area contributed by atoms with Gasteiger partial charge in [0.2, 0.25) is 0 Å². The smallest absolute Gasteiger partial charge is 0.325 e. The van der Waals surface area contributed by atoms with Crippen molar-refractivity contribution in [2.24, 2.45) is 4.99 Å². The molecule has 0 bridgehead atoms. The third-order valence-corrected chi connectivity index (χ3v) is 6.03. The van der Waals surface area contributed by atoms with Gasteiger partial charge in [0.1, 0.15) is 6.54 Å². The summed E-state index contributed by atoms with van der Waals surface area (Å²) < 4.78 is 11.8. The van der Waals surface area contributed by atoms with Crippen LogP contribution in [-0.2, 0) is 25.6 Å². The van der Waals surface area contributed by atoms with Crippen molar-refractivity contribution in [2.45, 2.75) is 6.54 Å². The minimum absolute atomic E-state index is 0.0992. The van der Waals surface area contributed by atoms with Crippen molar-refractivity contribution >= 4 is 51.5 Å². The van der Waals surface area contributed by atoms with Crippen LogP contribution in [0.25, 0.3) is 17.0 Å². The van der Waals surface area contributed by atoms with Crippen molar-refractivity contribution in [3.05, 3.63) is 71.3 Å². The molecule has 0 atom stereocenters. The zero-order valence-electron chi connectivity index (χ0n) is 17.9. The van der Waals surface area contributed by atoms with Crippen LogP contribution in [0.5, 0.6) is 0 Å². The first-order chi connectivity index (χ1) is 15.6. The van der Waals surface area contributed by atoms with Gasteiger partial charge in [-0.05, 0) is 36.0 Å². The van der Waals surface area contributed by atoms with Gasteiger partial charge in [-0.1, -0.05) is 36.4 Å².